The second-order valence-electron chi connectivity index (χ2n) is 12.3. The van der Waals surface area contributed by atoms with Gasteiger partial charge in [-0.3, -0.25) is 19.7 Å². The van der Waals surface area contributed by atoms with Gasteiger partial charge in [0.1, 0.15) is 11.2 Å². The molecule has 46 heavy (non-hydrogen) atoms. The molecule has 1 N–H and O–H groups in total. The zero-order valence-electron chi connectivity index (χ0n) is 26.1. The molecule has 5 heterocycles. The van der Waals surface area contributed by atoms with E-state index >= 15 is 0 Å². The van der Waals surface area contributed by atoms with Gasteiger partial charge in [-0.05, 0) is 7.05 Å². The molecule has 2 saturated heterocycles. The zero-order valence-corrected chi connectivity index (χ0v) is 27.7. The Balaban J connectivity index is 1.16. The number of nitrogens with one attached hydrogen (secondary N) is 1. The van der Waals surface area contributed by atoms with Gasteiger partial charge < -0.3 is 19.5 Å². The summed E-state index contributed by atoms with van der Waals surface area (Å²) in [6, 6.07) is 11.6. The van der Waals surface area contributed by atoms with Crippen molar-refractivity contribution in [1.29, 1.82) is 0 Å². The van der Waals surface area contributed by atoms with Crippen LogP contribution in [-0.4, -0.2) is 80.5 Å². The van der Waals surface area contributed by atoms with E-state index in [9.17, 15) is 4.79 Å². The Hall–Kier alpha value is -4.09. The summed E-state index contributed by atoms with van der Waals surface area (Å²) in [5.74, 6) is 0.604. The van der Waals surface area contributed by atoms with E-state index < -0.39 is 0 Å². The van der Waals surface area contributed by atoms with Crippen molar-refractivity contribution < 1.29 is 9.53 Å². The third-order valence-corrected chi connectivity index (χ3v) is 9.75. The highest BCUT2D eigenvalue weighted by atomic mass is 35.5. The third kappa shape index (κ3) is 5.29. The molecular formula is C34H34Cl2N8O2. The van der Waals surface area contributed by atoms with E-state index in [1.54, 1.807) is 26.4 Å². The fraction of sp³-hybridized carbons (Fsp3) is 0.324. The van der Waals surface area contributed by atoms with Gasteiger partial charge in [0.15, 0.2) is 5.65 Å². The summed E-state index contributed by atoms with van der Waals surface area (Å²) in [6.45, 7) is 6.68. The Labute approximate surface area is 277 Å². The van der Waals surface area contributed by atoms with Crippen LogP contribution in [0.4, 0.5) is 0 Å². The fourth-order valence-corrected chi connectivity index (χ4v) is 7.40. The molecule has 236 valence electrons. The van der Waals surface area contributed by atoms with Gasteiger partial charge in [0.2, 0.25) is 11.8 Å². The molecule has 0 atom stereocenters. The number of rotatable bonds is 8. The Kier molecular flexibility index (Phi) is 7.92. The van der Waals surface area contributed by atoms with Gasteiger partial charge in [-0.15, -0.1) is 0 Å². The number of fused-ring (bicyclic) bond motifs is 1. The number of likely N-dealkylation sites (tertiary alicyclic amines) is 2. The average Bonchev–Trinajstić information content (AvgIpc) is 3.32. The molecule has 12 heteroatoms. The number of carbonyl (C=O) groups is 1. The van der Waals surface area contributed by atoms with E-state index in [2.05, 4.69) is 26.4 Å². The van der Waals surface area contributed by atoms with Crippen LogP contribution >= 0.6 is 23.2 Å². The van der Waals surface area contributed by atoms with Gasteiger partial charge in [-0.1, -0.05) is 59.6 Å². The number of hydrogen-bond donors (Lipinski definition) is 1. The Bertz CT molecular complexity index is 1980. The number of ether oxygens (including phenoxy) is 1. The second kappa shape index (κ2) is 11.9. The summed E-state index contributed by atoms with van der Waals surface area (Å²) >= 11 is 14.1. The third-order valence-electron chi connectivity index (χ3n) is 8.94. The maximum absolute atomic E-state index is 11.6. The maximum Gasteiger partial charge on any atom is 0.237 e. The number of amides is 1. The molecule has 7 rings (SSSR count). The predicted molar refractivity (Wildman–Crippen MR) is 180 cm³/mol. The molecule has 2 fully saturated rings. The number of aryl methyl sites for hydroxylation is 1. The van der Waals surface area contributed by atoms with Crippen LogP contribution in [0.25, 0.3) is 44.8 Å². The maximum atomic E-state index is 11.6. The molecule has 10 nitrogen and oxygen atoms in total. The largest absolute Gasteiger partial charge is 0.480 e. The van der Waals surface area contributed by atoms with Crippen molar-refractivity contribution in [3.05, 3.63) is 76.3 Å². The van der Waals surface area contributed by atoms with Crippen LogP contribution in [0, 0.1) is 5.41 Å². The molecule has 0 radical (unpaired) electrons. The van der Waals surface area contributed by atoms with E-state index in [1.165, 1.54) is 0 Å². The minimum absolute atomic E-state index is 0.161. The average molecular weight is 658 g/mol. The summed E-state index contributed by atoms with van der Waals surface area (Å²) in [6.07, 6.45) is 5.60. The molecule has 2 aliphatic rings. The predicted octanol–water partition coefficient (Wildman–Crippen LogP) is 5.46. The van der Waals surface area contributed by atoms with Crippen molar-refractivity contribution >= 4 is 40.3 Å². The number of hydrogen-bond acceptors (Lipinski definition) is 8. The number of methoxy groups -OCH3 is 1. The van der Waals surface area contributed by atoms with Gasteiger partial charge in [0, 0.05) is 92.7 Å². The first-order valence-electron chi connectivity index (χ1n) is 15.1. The normalized spacial score (nSPS) is 15.7. The van der Waals surface area contributed by atoms with E-state index in [1.807, 2.05) is 60.0 Å². The number of benzene rings is 2. The van der Waals surface area contributed by atoms with E-state index in [4.69, 9.17) is 37.9 Å². The minimum atomic E-state index is 0.161. The van der Waals surface area contributed by atoms with Crippen molar-refractivity contribution in [3.63, 3.8) is 0 Å². The first-order chi connectivity index (χ1) is 22.2. The summed E-state index contributed by atoms with van der Waals surface area (Å²) < 4.78 is 7.51. The minimum Gasteiger partial charge on any atom is -0.480 e. The Morgan fingerprint density at radius 2 is 1.54 bits per heavy atom. The lowest BCUT2D eigenvalue weighted by Gasteiger charge is -2.60. The van der Waals surface area contributed by atoms with Gasteiger partial charge >= 0.3 is 0 Å². The van der Waals surface area contributed by atoms with Gasteiger partial charge in [-0.25, -0.2) is 9.97 Å². The number of carbonyl (C=O) groups excluding carboxylic acids is 1. The first kappa shape index (κ1) is 30.6. The van der Waals surface area contributed by atoms with Crippen molar-refractivity contribution in [2.24, 2.45) is 12.5 Å². The van der Waals surface area contributed by atoms with Crippen molar-refractivity contribution in [2.75, 3.05) is 40.3 Å². The van der Waals surface area contributed by atoms with Gasteiger partial charge in [-0.2, -0.15) is 0 Å². The molecular weight excluding hydrogens is 623 g/mol. The highest BCUT2D eigenvalue weighted by molar-refractivity contribution is 6.39. The number of halogens is 2. The lowest BCUT2D eigenvalue weighted by Crippen LogP contribution is -2.72. The molecule has 3 aromatic heterocycles. The van der Waals surface area contributed by atoms with Crippen LogP contribution in [-0.2, 0) is 24.9 Å². The smallest absolute Gasteiger partial charge is 0.237 e. The summed E-state index contributed by atoms with van der Waals surface area (Å²) in [7, 11) is 5.41. The quantitative estimate of drug-likeness (QED) is 0.235. The number of aromatic nitrogens is 5. The highest BCUT2D eigenvalue weighted by Crippen LogP contribution is 2.43. The Morgan fingerprint density at radius 3 is 2.15 bits per heavy atom. The summed E-state index contributed by atoms with van der Waals surface area (Å²) in [4.78, 5) is 35.0. The molecule has 1 spiro atoms. The molecule has 2 aromatic carbocycles. The van der Waals surface area contributed by atoms with Gasteiger partial charge in [0.05, 0.1) is 40.9 Å². The van der Waals surface area contributed by atoms with Gasteiger partial charge in [0.25, 0.3) is 0 Å². The summed E-state index contributed by atoms with van der Waals surface area (Å²) in [5, 5.41) is 4.12. The topological polar surface area (TPSA) is 101 Å². The van der Waals surface area contributed by atoms with Crippen molar-refractivity contribution in [3.8, 4) is 39.5 Å². The van der Waals surface area contributed by atoms with Crippen LogP contribution in [0.3, 0.4) is 0 Å². The lowest BCUT2D eigenvalue weighted by molar-refractivity contribution is -0.157. The molecule has 5 aromatic rings. The summed E-state index contributed by atoms with van der Waals surface area (Å²) in [5.41, 5.74) is 8.10. The number of nitrogens with zero attached hydrogens (tertiary/aromatic N) is 7. The van der Waals surface area contributed by atoms with Crippen LogP contribution < -0.4 is 10.1 Å². The standard InChI is InChI=1S/C34H34Cl2N8O2/c1-20(45)44-18-34(19-44)16-43(17-34)15-21-14-42(3)32-31(21)39-13-26(40-32)24-9-5-7-22(29(24)35)23-8-6-10-25(30(23)36)27-12-38-28(11-37-2)33(41-27)46-4/h5-10,12-14,37H,11,15-19H2,1-4H3. The monoisotopic (exact) mass is 656 g/mol. The van der Waals surface area contributed by atoms with Crippen molar-refractivity contribution in [1.82, 2.24) is 39.6 Å². The van der Waals surface area contributed by atoms with E-state index in [-0.39, 0.29) is 11.3 Å². The van der Waals surface area contributed by atoms with E-state index in [0.717, 1.165) is 71.7 Å². The fourth-order valence-electron chi connectivity index (χ4n) is 6.75. The first-order valence-corrected chi connectivity index (χ1v) is 15.9. The zero-order chi connectivity index (χ0) is 32.2. The highest BCUT2D eigenvalue weighted by Gasteiger charge is 2.52. The second-order valence-corrected chi connectivity index (χ2v) is 13.0. The molecule has 1 amide bonds. The molecule has 0 unspecified atom stereocenters. The van der Waals surface area contributed by atoms with Crippen LogP contribution in [0.15, 0.2) is 55.0 Å². The van der Waals surface area contributed by atoms with Crippen LogP contribution in [0.2, 0.25) is 10.0 Å². The van der Waals surface area contributed by atoms with E-state index in [0.29, 0.717) is 39.6 Å². The molecule has 0 saturated carbocycles. The molecule has 0 bridgehead atoms. The Morgan fingerprint density at radius 1 is 0.935 bits per heavy atom. The van der Waals surface area contributed by atoms with Crippen molar-refractivity contribution in [2.45, 2.75) is 20.0 Å². The molecule has 2 aliphatic heterocycles. The van der Waals surface area contributed by atoms with Crippen LogP contribution in [0.5, 0.6) is 5.88 Å². The van der Waals surface area contributed by atoms with Crippen LogP contribution in [0.1, 0.15) is 18.2 Å². The molecule has 0 aliphatic carbocycles. The SMILES string of the molecule is CNCc1ncc(-c2cccc(-c3cccc(-c4cnc5c(CN6CC7(C6)CN(C(C)=O)C7)cn(C)c5n4)c3Cl)c2Cl)nc1OC. The lowest BCUT2D eigenvalue weighted by atomic mass is 9.72.